The van der Waals surface area contributed by atoms with Gasteiger partial charge in [0.1, 0.15) is 16.6 Å². The van der Waals surface area contributed by atoms with Crippen molar-refractivity contribution in [3.63, 3.8) is 0 Å². The lowest BCUT2D eigenvalue weighted by Crippen LogP contribution is -2.28. The van der Waals surface area contributed by atoms with E-state index in [0.717, 1.165) is 23.4 Å². The van der Waals surface area contributed by atoms with E-state index < -0.39 is 0 Å². The maximum absolute atomic E-state index is 5.35. The fraction of sp³-hybridized carbons (Fsp3) is 0.556. The minimum absolute atomic E-state index is 0.570. The zero-order valence-electron chi connectivity index (χ0n) is 9.40. The maximum atomic E-state index is 5.35. The molecule has 0 bridgehead atoms. The lowest BCUT2D eigenvalue weighted by Gasteiger charge is -2.22. The maximum Gasteiger partial charge on any atom is 0.159 e. The SMILES string of the molecule is CCN(CCOC)c1ncnc(NN)c1Br. The van der Waals surface area contributed by atoms with Crippen molar-refractivity contribution in [2.45, 2.75) is 6.92 Å². The molecule has 90 valence electrons. The predicted octanol–water partition coefficient (Wildman–Crippen LogP) is 0.997. The molecule has 7 heteroatoms. The highest BCUT2D eigenvalue weighted by Crippen LogP contribution is 2.28. The largest absolute Gasteiger partial charge is 0.383 e. The van der Waals surface area contributed by atoms with Crippen LogP contribution in [0.3, 0.4) is 0 Å². The summed E-state index contributed by atoms with van der Waals surface area (Å²) in [5, 5.41) is 0. The van der Waals surface area contributed by atoms with Crippen molar-refractivity contribution in [3.05, 3.63) is 10.8 Å². The van der Waals surface area contributed by atoms with E-state index in [9.17, 15) is 0 Å². The van der Waals surface area contributed by atoms with E-state index in [1.165, 1.54) is 6.33 Å². The van der Waals surface area contributed by atoms with Crippen LogP contribution in [0.5, 0.6) is 0 Å². The second-order valence-electron chi connectivity index (χ2n) is 3.08. The van der Waals surface area contributed by atoms with Crippen molar-refractivity contribution in [3.8, 4) is 0 Å². The number of halogens is 1. The molecule has 0 aromatic carbocycles. The molecule has 0 saturated heterocycles. The van der Waals surface area contributed by atoms with Crippen LogP contribution in [0.25, 0.3) is 0 Å². The number of rotatable bonds is 6. The third-order valence-corrected chi connectivity index (χ3v) is 2.88. The number of methoxy groups -OCH3 is 1. The molecule has 0 aliphatic rings. The summed E-state index contributed by atoms with van der Waals surface area (Å²) in [6, 6.07) is 0. The van der Waals surface area contributed by atoms with Gasteiger partial charge in [0.05, 0.1) is 6.61 Å². The number of likely N-dealkylation sites (N-methyl/N-ethyl adjacent to an activating group) is 1. The van der Waals surface area contributed by atoms with Gasteiger partial charge in [-0.1, -0.05) is 0 Å². The lowest BCUT2D eigenvalue weighted by atomic mass is 10.4. The quantitative estimate of drug-likeness (QED) is 0.601. The Balaban J connectivity index is 2.91. The first-order chi connectivity index (χ1) is 7.74. The molecule has 0 unspecified atom stereocenters. The van der Waals surface area contributed by atoms with Crippen LogP contribution in [0.2, 0.25) is 0 Å². The van der Waals surface area contributed by atoms with Crippen LogP contribution >= 0.6 is 15.9 Å². The molecule has 0 spiro atoms. The van der Waals surface area contributed by atoms with E-state index in [0.29, 0.717) is 12.4 Å². The Bertz CT molecular complexity index is 336. The summed E-state index contributed by atoms with van der Waals surface area (Å²) < 4.78 is 5.81. The Morgan fingerprint density at radius 2 is 2.31 bits per heavy atom. The third kappa shape index (κ3) is 3.03. The van der Waals surface area contributed by atoms with Gasteiger partial charge in [0.2, 0.25) is 0 Å². The molecule has 1 aromatic heterocycles. The van der Waals surface area contributed by atoms with Gasteiger partial charge >= 0.3 is 0 Å². The highest BCUT2D eigenvalue weighted by Gasteiger charge is 2.13. The first-order valence-electron chi connectivity index (χ1n) is 4.95. The van der Waals surface area contributed by atoms with Gasteiger partial charge < -0.3 is 15.1 Å². The first-order valence-corrected chi connectivity index (χ1v) is 5.74. The summed E-state index contributed by atoms with van der Waals surface area (Å²) in [4.78, 5) is 10.3. The minimum Gasteiger partial charge on any atom is -0.383 e. The van der Waals surface area contributed by atoms with E-state index in [2.05, 4.69) is 43.1 Å². The molecule has 16 heavy (non-hydrogen) atoms. The molecular formula is C9H16BrN5O. The van der Waals surface area contributed by atoms with Gasteiger partial charge in [0.15, 0.2) is 5.82 Å². The molecule has 0 radical (unpaired) electrons. The number of hydrogen-bond donors (Lipinski definition) is 2. The smallest absolute Gasteiger partial charge is 0.159 e. The van der Waals surface area contributed by atoms with Crippen LogP contribution < -0.4 is 16.2 Å². The monoisotopic (exact) mass is 289 g/mol. The van der Waals surface area contributed by atoms with Crippen LogP contribution in [-0.4, -0.2) is 36.8 Å². The van der Waals surface area contributed by atoms with E-state index in [-0.39, 0.29) is 0 Å². The van der Waals surface area contributed by atoms with Gasteiger partial charge in [-0.15, -0.1) is 0 Å². The van der Waals surface area contributed by atoms with Crippen LogP contribution in [-0.2, 0) is 4.74 Å². The highest BCUT2D eigenvalue weighted by atomic mass is 79.9. The molecule has 1 aromatic rings. The fourth-order valence-corrected chi connectivity index (χ4v) is 1.87. The van der Waals surface area contributed by atoms with E-state index >= 15 is 0 Å². The van der Waals surface area contributed by atoms with Crippen LogP contribution in [0.15, 0.2) is 10.8 Å². The normalized spacial score (nSPS) is 10.2. The van der Waals surface area contributed by atoms with Gasteiger partial charge in [-0.3, -0.25) is 0 Å². The van der Waals surface area contributed by atoms with E-state index in [1.807, 2.05) is 0 Å². The summed E-state index contributed by atoms with van der Waals surface area (Å²) in [6.45, 7) is 4.31. The number of nitrogens with two attached hydrogens (primary N) is 1. The molecule has 0 atom stereocenters. The van der Waals surface area contributed by atoms with Gasteiger partial charge in [0, 0.05) is 20.2 Å². The number of nitrogens with one attached hydrogen (secondary N) is 1. The van der Waals surface area contributed by atoms with Gasteiger partial charge in [-0.25, -0.2) is 15.8 Å². The van der Waals surface area contributed by atoms with Gasteiger partial charge in [-0.2, -0.15) is 0 Å². The predicted molar refractivity (Wildman–Crippen MR) is 67.3 cm³/mol. The molecule has 1 rings (SSSR count). The molecule has 0 saturated carbocycles. The molecule has 6 nitrogen and oxygen atoms in total. The van der Waals surface area contributed by atoms with E-state index in [1.54, 1.807) is 7.11 Å². The second kappa shape index (κ2) is 6.62. The topological polar surface area (TPSA) is 76.3 Å². The zero-order chi connectivity index (χ0) is 12.0. The van der Waals surface area contributed by atoms with Crippen LogP contribution in [0.1, 0.15) is 6.92 Å². The number of hydrazine groups is 1. The zero-order valence-corrected chi connectivity index (χ0v) is 11.0. The Labute approximate surface area is 103 Å². The van der Waals surface area contributed by atoms with Crippen molar-refractivity contribution >= 4 is 27.6 Å². The average Bonchev–Trinajstić information content (AvgIpc) is 2.32. The number of ether oxygens (including phenoxy) is 1. The standard InChI is InChI=1S/C9H16BrN5O/c1-3-15(4-5-16-2)9-7(10)8(14-11)12-6-13-9/h6H,3-5,11H2,1-2H3,(H,12,13,14). The molecule has 0 aliphatic carbocycles. The van der Waals surface area contributed by atoms with E-state index in [4.69, 9.17) is 10.6 Å². The number of anilines is 2. The fourth-order valence-electron chi connectivity index (χ4n) is 1.30. The van der Waals surface area contributed by atoms with Crippen LogP contribution in [0, 0.1) is 0 Å². The number of nitrogens with zero attached hydrogens (tertiary/aromatic N) is 3. The molecule has 1 heterocycles. The second-order valence-corrected chi connectivity index (χ2v) is 3.87. The minimum atomic E-state index is 0.570. The Morgan fingerprint density at radius 3 is 2.88 bits per heavy atom. The Kier molecular flexibility index (Phi) is 5.44. The average molecular weight is 290 g/mol. The molecule has 3 N–H and O–H groups in total. The van der Waals surface area contributed by atoms with Crippen molar-refractivity contribution < 1.29 is 4.74 Å². The lowest BCUT2D eigenvalue weighted by molar-refractivity contribution is 0.205. The summed E-state index contributed by atoms with van der Waals surface area (Å²) in [6.07, 6.45) is 1.48. The number of nitrogen functional groups attached to an aromatic ring is 1. The van der Waals surface area contributed by atoms with Gasteiger partial charge in [-0.05, 0) is 22.9 Å². The Hall–Kier alpha value is -0.920. The van der Waals surface area contributed by atoms with Crippen molar-refractivity contribution in [2.75, 3.05) is 37.1 Å². The number of aromatic nitrogens is 2. The molecule has 0 aliphatic heterocycles. The van der Waals surface area contributed by atoms with Gasteiger partial charge in [0.25, 0.3) is 0 Å². The summed E-state index contributed by atoms with van der Waals surface area (Å²) in [7, 11) is 1.68. The third-order valence-electron chi connectivity index (χ3n) is 2.15. The van der Waals surface area contributed by atoms with Crippen LogP contribution in [0.4, 0.5) is 11.6 Å². The Morgan fingerprint density at radius 1 is 1.56 bits per heavy atom. The highest BCUT2D eigenvalue weighted by molar-refractivity contribution is 9.10. The molecular weight excluding hydrogens is 274 g/mol. The van der Waals surface area contributed by atoms with Crippen molar-refractivity contribution in [1.82, 2.24) is 9.97 Å². The van der Waals surface area contributed by atoms with Crippen molar-refractivity contribution in [2.24, 2.45) is 5.84 Å². The first kappa shape index (κ1) is 13.1. The molecule has 0 amide bonds. The number of hydrogen-bond acceptors (Lipinski definition) is 6. The molecule has 0 fully saturated rings. The summed E-state index contributed by atoms with van der Waals surface area (Å²) in [5.74, 6) is 6.73. The summed E-state index contributed by atoms with van der Waals surface area (Å²) >= 11 is 3.42. The summed E-state index contributed by atoms with van der Waals surface area (Å²) in [5.41, 5.74) is 2.51. The van der Waals surface area contributed by atoms with Crippen molar-refractivity contribution in [1.29, 1.82) is 0 Å².